The van der Waals surface area contributed by atoms with Crippen LogP contribution in [-0.4, -0.2) is 81.5 Å². The van der Waals surface area contributed by atoms with Crippen LogP contribution in [0.5, 0.6) is 0 Å². The molecule has 4 rings (SSSR count). The molecule has 11 nitrogen and oxygen atoms in total. The van der Waals surface area contributed by atoms with Crippen LogP contribution < -0.4 is 21.7 Å². The van der Waals surface area contributed by atoms with Gasteiger partial charge in [-0.05, 0) is 64.3 Å². The predicted molar refractivity (Wildman–Crippen MR) is 172 cm³/mol. The molecule has 1 saturated heterocycles. The van der Waals surface area contributed by atoms with Gasteiger partial charge in [0.05, 0.1) is 30.1 Å². The van der Waals surface area contributed by atoms with E-state index in [-0.39, 0.29) is 24.6 Å². The molecule has 1 aromatic heterocycles. The number of pyridine rings is 1. The third kappa shape index (κ3) is 9.82. The Labute approximate surface area is 264 Å². The summed E-state index contributed by atoms with van der Waals surface area (Å²) in [4.78, 5) is 58.2. The maximum Gasteiger partial charge on any atom is 0.270 e. The van der Waals surface area contributed by atoms with Crippen LogP contribution in [0.15, 0.2) is 66.7 Å². The van der Waals surface area contributed by atoms with Gasteiger partial charge in [0.25, 0.3) is 5.91 Å². The number of primary amides is 1. The number of para-hydroxylation sites is 1. The van der Waals surface area contributed by atoms with E-state index >= 15 is 0 Å². The van der Waals surface area contributed by atoms with E-state index in [1.54, 1.807) is 18.2 Å². The van der Waals surface area contributed by atoms with Crippen LogP contribution in [0.2, 0.25) is 0 Å². The van der Waals surface area contributed by atoms with Crippen molar-refractivity contribution >= 4 is 34.5 Å². The minimum atomic E-state index is -1.30. The quantitative estimate of drug-likeness (QED) is 0.208. The lowest BCUT2D eigenvalue weighted by molar-refractivity contribution is -0.131. The van der Waals surface area contributed by atoms with E-state index in [2.05, 4.69) is 20.9 Å². The second-order valence-corrected chi connectivity index (χ2v) is 12.7. The Hall–Kier alpha value is -4.35. The average Bonchev–Trinajstić information content (AvgIpc) is 2.99. The molecule has 2 aromatic carbocycles. The maximum absolute atomic E-state index is 13.6. The molecular weight excluding hydrogens is 572 g/mol. The fraction of sp³-hybridized carbons (Fsp3) is 0.441. The first-order valence-corrected chi connectivity index (χ1v) is 15.4. The van der Waals surface area contributed by atoms with Gasteiger partial charge in [0, 0.05) is 17.5 Å². The van der Waals surface area contributed by atoms with Crippen molar-refractivity contribution in [3.8, 4) is 0 Å². The summed E-state index contributed by atoms with van der Waals surface area (Å²) >= 11 is 0. The topological polar surface area (TPSA) is 167 Å². The van der Waals surface area contributed by atoms with Crippen LogP contribution in [0.4, 0.5) is 0 Å². The lowest BCUT2D eigenvalue weighted by Gasteiger charge is -2.39. The number of rotatable bonds is 12. The van der Waals surface area contributed by atoms with E-state index < -0.39 is 53.9 Å². The normalized spacial score (nSPS) is 17.6. The minimum Gasteiger partial charge on any atom is -0.390 e. The van der Waals surface area contributed by atoms with E-state index in [9.17, 15) is 24.3 Å². The lowest BCUT2D eigenvalue weighted by Crippen LogP contribution is -2.59. The van der Waals surface area contributed by atoms with Crippen LogP contribution in [0.25, 0.3) is 10.9 Å². The number of likely N-dealkylation sites (tertiary alicyclic amines) is 1. The fourth-order valence-corrected chi connectivity index (χ4v) is 5.60. The van der Waals surface area contributed by atoms with Crippen LogP contribution in [0.3, 0.4) is 0 Å². The number of benzene rings is 2. The highest BCUT2D eigenvalue weighted by Gasteiger charge is 2.35. The Balaban J connectivity index is 1.52. The number of piperidine rings is 1. The highest BCUT2D eigenvalue weighted by atomic mass is 16.3. The molecule has 1 unspecified atom stereocenters. The molecule has 45 heavy (non-hydrogen) atoms. The van der Waals surface area contributed by atoms with Gasteiger partial charge in [-0.25, -0.2) is 4.98 Å². The van der Waals surface area contributed by atoms with Gasteiger partial charge in [-0.2, -0.15) is 0 Å². The van der Waals surface area contributed by atoms with Crippen molar-refractivity contribution in [2.24, 2.45) is 5.73 Å². The summed E-state index contributed by atoms with van der Waals surface area (Å²) in [6.45, 7) is 6.55. The van der Waals surface area contributed by atoms with E-state index in [1.807, 2.05) is 74.2 Å². The number of fused-ring (bicyclic) bond motifs is 1. The number of carbonyl (C=O) groups excluding carboxylic acids is 4. The summed E-state index contributed by atoms with van der Waals surface area (Å²) in [5.74, 6) is -2.17. The monoisotopic (exact) mass is 616 g/mol. The van der Waals surface area contributed by atoms with Gasteiger partial charge < -0.3 is 26.8 Å². The molecule has 1 aliphatic rings. The van der Waals surface area contributed by atoms with Gasteiger partial charge in [0.2, 0.25) is 17.7 Å². The predicted octanol–water partition coefficient (Wildman–Crippen LogP) is 2.07. The smallest absolute Gasteiger partial charge is 0.270 e. The number of aromatic nitrogens is 1. The van der Waals surface area contributed by atoms with Crippen molar-refractivity contribution in [1.29, 1.82) is 0 Å². The van der Waals surface area contributed by atoms with Crippen LogP contribution in [0, 0.1) is 0 Å². The van der Waals surface area contributed by atoms with Gasteiger partial charge in [0.1, 0.15) is 11.7 Å². The van der Waals surface area contributed by atoms with Crippen molar-refractivity contribution in [2.45, 2.75) is 82.6 Å². The Morgan fingerprint density at radius 3 is 2.40 bits per heavy atom. The number of hydrogen-bond donors (Lipinski definition) is 5. The number of aliphatic hydroxyl groups excluding tert-OH is 1. The molecule has 11 heteroatoms. The number of hydrogen-bond acceptors (Lipinski definition) is 7. The largest absolute Gasteiger partial charge is 0.390 e. The molecule has 240 valence electrons. The standard InChI is InChI=1S/C34H44N6O5/c1-34(2,3)39-33(45)28-15-9-10-18-40(28)21-29(41)26(19-22-11-5-4-6-12-22)37-32(44)27(20-30(35)42)38-31(43)25-17-16-23-13-7-8-14-24(23)36-25/h4-8,11-14,16-17,26-29,41H,9-10,15,18-21H2,1-3H3,(H2,35,42)(H,37,44)(H,38,43)(H,39,45)/t26-,27-,28?,29+/m0/s1. The van der Waals surface area contributed by atoms with E-state index in [1.165, 1.54) is 0 Å². The molecule has 0 bridgehead atoms. The molecule has 4 amide bonds. The highest BCUT2D eigenvalue weighted by molar-refractivity contribution is 5.99. The third-order valence-corrected chi connectivity index (χ3v) is 7.78. The third-order valence-electron chi connectivity index (χ3n) is 7.78. The Morgan fingerprint density at radius 2 is 1.69 bits per heavy atom. The lowest BCUT2D eigenvalue weighted by atomic mass is 9.96. The van der Waals surface area contributed by atoms with Gasteiger partial charge in [-0.3, -0.25) is 24.1 Å². The fourth-order valence-electron chi connectivity index (χ4n) is 5.60. The first-order valence-electron chi connectivity index (χ1n) is 15.4. The molecule has 3 aromatic rings. The summed E-state index contributed by atoms with van der Waals surface area (Å²) in [7, 11) is 0. The molecule has 0 radical (unpaired) electrons. The number of nitrogens with two attached hydrogens (primary N) is 1. The molecule has 0 aliphatic carbocycles. The summed E-state index contributed by atoms with van der Waals surface area (Å²) < 4.78 is 0. The van der Waals surface area contributed by atoms with Gasteiger partial charge in [-0.1, -0.05) is 61.0 Å². The van der Waals surface area contributed by atoms with Gasteiger partial charge >= 0.3 is 0 Å². The highest BCUT2D eigenvalue weighted by Crippen LogP contribution is 2.20. The van der Waals surface area contributed by atoms with E-state index in [0.29, 0.717) is 18.5 Å². The maximum atomic E-state index is 13.6. The van der Waals surface area contributed by atoms with Crippen molar-refractivity contribution in [3.63, 3.8) is 0 Å². The second kappa shape index (κ2) is 15.1. The SMILES string of the molecule is CC(C)(C)NC(=O)C1CCCCN1C[C@@H](O)[C@H](Cc1ccccc1)NC(=O)[C@H](CC(N)=O)NC(=O)c1ccc2ccccc2n1. The molecule has 1 aliphatic heterocycles. The van der Waals surface area contributed by atoms with Crippen molar-refractivity contribution in [2.75, 3.05) is 13.1 Å². The zero-order valence-electron chi connectivity index (χ0n) is 26.2. The minimum absolute atomic E-state index is 0.0847. The molecule has 0 spiro atoms. The Morgan fingerprint density at radius 1 is 0.978 bits per heavy atom. The van der Waals surface area contributed by atoms with E-state index in [4.69, 9.17) is 5.73 Å². The van der Waals surface area contributed by atoms with Gasteiger partial charge in [-0.15, -0.1) is 0 Å². The molecule has 6 N–H and O–H groups in total. The summed E-state index contributed by atoms with van der Waals surface area (Å²) in [6, 6.07) is 17.5. The molecule has 1 fully saturated rings. The zero-order valence-corrected chi connectivity index (χ0v) is 26.2. The molecule has 4 atom stereocenters. The number of nitrogens with zero attached hydrogens (tertiary/aromatic N) is 2. The van der Waals surface area contributed by atoms with Crippen LogP contribution in [0.1, 0.15) is 62.5 Å². The van der Waals surface area contributed by atoms with Crippen molar-refractivity contribution in [1.82, 2.24) is 25.8 Å². The first-order chi connectivity index (χ1) is 21.4. The number of carbonyl (C=O) groups is 4. The zero-order chi connectivity index (χ0) is 32.6. The van der Waals surface area contributed by atoms with Gasteiger partial charge in [0.15, 0.2) is 0 Å². The second-order valence-electron chi connectivity index (χ2n) is 12.7. The number of aliphatic hydroxyl groups is 1. The van der Waals surface area contributed by atoms with Crippen molar-refractivity contribution < 1.29 is 24.3 Å². The van der Waals surface area contributed by atoms with Crippen molar-refractivity contribution in [3.05, 3.63) is 78.0 Å². The summed E-state index contributed by atoms with van der Waals surface area (Å²) in [5.41, 5.74) is 6.64. The molecule has 2 heterocycles. The van der Waals surface area contributed by atoms with Crippen LogP contribution in [-0.2, 0) is 20.8 Å². The first kappa shape index (κ1) is 33.5. The van der Waals surface area contributed by atoms with E-state index in [0.717, 1.165) is 23.8 Å². The number of β-amino-alcohol motifs (C(OH)–C–C–N with tert-alkyl or cyclic N) is 1. The number of nitrogens with one attached hydrogen (secondary N) is 3. The summed E-state index contributed by atoms with van der Waals surface area (Å²) in [6.07, 6.45) is 1.23. The average molecular weight is 617 g/mol. The Kier molecular flexibility index (Phi) is 11.2. The Bertz CT molecular complexity index is 1490. The number of amides is 4. The molecular formula is C34H44N6O5. The molecule has 0 saturated carbocycles. The summed E-state index contributed by atoms with van der Waals surface area (Å²) in [5, 5.41) is 20.9. The van der Waals surface area contributed by atoms with Crippen LogP contribution >= 0.6 is 0 Å².